The normalized spacial score (nSPS) is 12.2. The summed E-state index contributed by atoms with van der Waals surface area (Å²) in [5.41, 5.74) is 3.58. The molecule has 0 saturated heterocycles. The minimum absolute atomic E-state index is 0.691. The second kappa shape index (κ2) is 5.14. The van der Waals surface area contributed by atoms with Crippen molar-refractivity contribution in [3.63, 3.8) is 0 Å². The van der Waals surface area contributed by atoms with Crippen LogP contribution in [-0.4, -0.2) is 22.4 Å². The van der Waals surface area contributed by atoms with Crippen LogP contribution in [0.15, 0.2) is 30.6 Å². The summed E-state index contributed by atoms with van der Waals surface area (Å²) in [6, 6.07) is 5.69. The van der Waals surface area contributed by atoms with E-state index in [2.05, 4.69) is 10.2 Å². The molecule has 2 rings (SSSR count). The van der Waals surface area contributed by atoms with Gasteiger partial charge in [-0.25, -0.2) is 0 Å². The Bertz CT molecular complexity index is 541. The maximum atomic E-state index is 10.4. The number of nitrogens with zero attached hydrogens (tertiary/aromatic N) is 2. The van der Waals surface area contributed by atoms with Crippen LogP contribution < -0.4 is 4.74 Å². The van der Waals surface area contributed by atoms with E-state index in [1.165, 1.54) is 0 Å². The van der Waals surface area contributed by atoms with Crippen molar-refractivity contribution in [3.8, 4) is 5.75 Å². The third-order valence-electron chi connectivity index (χ3n) is 2.91. The van der Waals surface area contributed by atoms with E-state index < -0.39 is 6.10 Å². The molecule has 1 aromatic carbocycles. The Labute approximate surface area is 106 Å². The highest BCUT2D eigenvalue weighted by molar-refractivity contribution is 5.47. The van der Waals surface area contributed by atoms with E-state index >= 15 is 0 Å². The fourth-order valence-electron chi connectivity index (χ4n) is 2.09. The molecule has 0 amide bonds. The first-order valence-corrected chi connectivity index (χ1v) is 5.73. The first kappa shape index (κ1) is 12.5. The smallest absolute Gasteiger partial charge is 0.125 e. The van der Waals surface area contributed by atoms with Crippen molar-refractivity contribution in [2.75, 3.05) is 7.11 Å². The van der Waals surface area contributed by atoms with E-state index in [1.54, 1.807) is 25.6 Å². The number of aromatic nitrogens is 2. The molecule has 0 bridgehead atoms. The standard InChI is InChI=1S/C14H16N2O2/c1-9-6-10(2)13(12(7-9)18-3)14(17)11-4-5-15-16-8-11/h4-8,14,17H,1-3H3. The Morgan fingerprint density at radius 2 is 2.00 bits per heavy atom. The predicted molar refractivity (Wildman–Crippen MR) is 68.6 cm³/mol. The molecule has 1 N–H and O–H groups in total. The van der Waals surface area contributed by atoms with Crippen molar-refractivity contribution in [1.82, 2.24) is 10.2 Å². The largest absolute Gasteiger partial charge is 0.496 e. The van der Waals surface area contributed by atoms with Crippen molar-refractivity contribution in [2.45, 2.75) is 20.0 Å². The third-order valence-corrected chi connectivity index (χ3v) is 2.91. The number of ether oxygens (including phenoxy) is 1. The van der Waals surface area contributed by atoms with Crippen molar-refractivity contribution in [1.29, 1.82) is 0 Å². The van der Waals surface area contributed by atoms with Crippen LogP contribution in [0.5, 0.6) is 5.75 Å². The van der Waals surface area contributed by atoms with E-state index in [9.17, 15) is 5.11 Å². The summed E-state index contributed by atoms with van der Waals surface area (Å²) in [7, 11) is 1.61. The summed E-state index contributed by atoms with van der Waals surface area (Å²) in [6.07, 6.45) is 2.37. The van der Waals surface area contributed by atoms with E-state index in [0.717, 1.165) is 16.7 Å². The number of hydrogen-bond donors (Lipinski definition) is 1. The predicted octanol–water partition coefficient (Wildman–Crippen LogP) is 2.18. The molecule has 0 radical (unpaired) electrons. The van der Waals surface area contributed by atoms with E-state index in [4.69, 9.17) is 4.74 Å². The molecule has 1 heterocycles. The lowest BCUT2D eigenvalue weighted by molar-refractivity contribution is 0.213. The fraction of sp³-hybridized carbons (Fsp3) is 0.286. The molecule has 0 aliphatic rings. The van der Waals surface area contributed by atoms with Crippen LogP contribution in [0.3, 0.4) is 0 Å². The number of aliphatic hydroxyl groups is 1. The summed E-state index contributed by atoms with van der Waals surface area (Å²) in [4.78, 5) is 0. The first-order chi connectivity index (χ1) is 8.63. The van der Waals surface area contributed by atoms with Gasteiger partial charge < -0.3 is 9.84 Å². The van der Waals surface area contributed by atoms with Gasteiger partial charge in [0.25, 0.3) is 0 Å². The van der Waals surface area contributed by atoms with Crippen LogP contribution in [0.2, 0.25) is 0 Å². The molecule has 1 aromatic heterocycles. The van der Waals surface area contributed by atoms with Crippen molar-refractivity contribution >= 4 is 0 Å². The minimum Gasteiger partial charge on any atom is -0.496 e. The van der Waals surface area contributed by atoms with Crippen LogP contribution in [0.1, 0.15) is 28.4 Å². The minimum atomic E-state index is -0.754. The zero-order valence-electron chi connectivity index (χ0n) is 10.7. The molecular weight excluding hydrogens is 228 g/mol. The number of aliphatic hydroxyl groups excluding tert-OH is 1. The van der Waals surface area contributed by atoms with Crippen LogP contribution >= 0.6 is 0 Å². The highest BCUT2D eigenvalue weighted by atomic mass is 16.5. The average Bonchev–Trinajstić information content (AvgIpc) is 2.38. The molecule has 0 fully saturated rings. The number of hydrogen-bond acceptors (Lipinski definition) is 4. The van der Waals surface area contributed by atoms with Crippen molar-refractivity contribution < 1.29 is 9.84 Å². The lowest BCUT2D eigenvalue weighted by atomic mass is 9.96. The second-order valence-corrected chi connectivity index (χ2v) is 4.28. The summed E-state index contributed by atoms with van der Waals surface area (Å²) >= 11 is 0. The van der Waals surface area contributed by atoms with Gasteiger partial charge in [-0.05, 0) is 37.1 Å². The molecule has 0 spiro atoms. The Morgan fingerprint density at radius 3 is 2.61 bits per heavy atom. The molecule has 18 heavy (non-hydrogen) atoms. The van der Waals surface area contributed by atoms with E-state index in [-0.39, 0.29) is 0 Å². The monoisotopic (exact) mass is 244 g/mol. The Kier molecular flexibility index (Phi) is 3.58. The Balaban J connectivity index is 2.51. The number of methoxy groups -OCH3 is 1. The van der Waals surface area contributed by atoms with Gasteiger partial charge in [0.1, 0.15) is 11.9 Å². The molecule has 1 atom stereocenters. The molecule has 4 heteroatoms. The molecule has 4 nitrogen and oxygen atoms in total. The summed E-state index contributed by atoms with van der Waals surface area (Å²) in [6.45, 7) is 3.96. The van der Waals surface area contributed by atoms with Gasteiger partial charge in [0.2, 0.25) is 0 Å². The molecule has 0 aliphatic carbocycles. The van der Waals surface area contributed by atoms with Gasteiger partial charge >= 0.3 is 0 Å². The summed E-state index contributed by atoms with van der Waals surface area (Å²) in [5.74, 6) is 0.691. The van der Waals surface area contributed by atoms with Crippen LogP contribution in [0.4, 0.5) is 0 Å². The van der Waals surface area contributed by atoms with Crippen molar-refractivity contribution in [2.24, 2.45) is 0 Å². The zero-order chi connectivity index (χ0) is 13.1. The molecule has 2 aromatic rings. The first-order valence-electron chi connectivity index (χ1n) is 5.73. The third kappa shape index (κ3) is 2.33. The van der Waals surface area contributed by atoms with E-state index in [1.807, 2.05) is 26.0 Å². The maximum absolute atomic E-state index is 10.4. The average molecular weight is 244 g/mol. The lowest BCUT2D eigenvalue weighted by Gasteiger charge is -2.18. The number of benzene rings is 1. The molecule has 94 valence electrons. The van der Waals surface area contributed by atoms with Gasteiger partial charge in [-0.3, -0.25) is 0 Å². The highest BCUT2D eigenvalue weighted by Crippen LogP contribution is 2.33. The van der Waals surface area contributed by atoms with E-state index in [0.29, 0.717) is 11.3 Å². The molecular formula is C14H16N2O2. The SMILES string of the molecule is COc1cc(C)cc(C)c1C(O)c1ccnnc1. The summed E-state index contributed by atoms with van der Waals surface area (Å²) < 4.78 is 5.35. The van der Waals surface area contributed by atoms with Gasteiger partial charge in [0, 0.05) is 17.3 Å². The van der Waals surface area contributed by atoms with Gasteiger partial charge in [0.15, 0.2) is 0 Å². The van der Waals surface area contributed by atoms with Gasteiger partial charge in [0.05, 0.1) is 13.3 Å². The van der Waals surface area contributed by atoms with Crippen LogP contribution in [0.25, 0.3) is 0 Å². The van der Waals surface area contributed by atoms with Gasteiger partial charge in [-0.15, -0.1) is 0 Å². The molecule has 0 saturated carbocycles. The maximum Gasteiger partial charge on any atom is 0.125 e. The van der Waals surface area contributed by atoms with Gasteiger partial charge in [-0.1, -0.05) is 6.07 Å². The fourth-order valence-corrected chi connectivity index (χ4v) is 2.09. The van der Waals surface area contributed by atoms with Gasteiger partial charge in [-0.2, -0.15) is 10.2 Å². The molecule has 0 aliphatic heterocycles. The number of rotatable bonds is 3. The Hall–Kier alpha value is -1.94. The molecule has 1 unspecified atom stereocenters. The second-order valence-electron chi connectivity index (χ2n) is 4.28. The highest BCUT2D eigenvalue weighted by Gasteiger charge is 2.18. The lowest BCUT2D eigenvalue weighted by Crippen LogP contribution is -2.06. The topological polar surface area (TPSA) is 55.2 Å². The zero-order valence-corrected chi connectivity index (χ0v) is 10.7. The summed E-state index contributed by atoms with van der Waals surface area (Å²) in [5, 5.41) is 17.9. The quantitative estimate of drug-likeness (QED) is 0.899. The van der Waals surface area contributed by atoms with Crippen LogP contribution in [-0.2, 0) is 0 Å². The van der Waals surface area contributed by atoms with Crippen LogP contribution in [0, 0.1) is 13.8 Å². The van der Waals surface area contributed by atoms with Crippen molar-refractivity contribution in [3.05, 3.63) is 52.8 Å². The number of aryl methyl sites for hydroxylation is 2. The Morgan fingerprint density at radius 1 is 1.22 bits per heavy atom.